The molecule has 2 aliphatic heterocycles. The summed E-state index contributed by atoms with van der Waals surface area (Å²) in [5, 5.41) is 9.61. The van der Waals surface area contributed by atoms with Gasteiger partial charge in [0.25, 0.3) is 5.91 Å². The number of pyridine rings is 1. The maximum atomic E-state index is 12.8. The van der Waals surface area contributed by atoms with Gasteiger partial charge in [-0.1, -0.05) is 0 Å². The van der Waals surface area contributed by atoms with Crippen molar-refractivity contribution in [3.63, 3.8) is 0 Å². The first kappa shape index (κ1) is 20.5. The van der Waals surface area contributed by atoms with Gasteiger partial charge in [-0.05, 0) is 31.0 Å². The maximum Gasteiger partial charge on any atom is 0.272 e. The number of hydrogen-bond donors (Lipinski definition) is 2. The molecule has 0 spiro atoms. The molecular formula is C22H29N9O. The van der Waals surface area contributed by atoms with Gasteiger partial charge in [-0.3, -0.25) is 4.79 Å². The third kappa shape index (κ3) is 3.93. The highest BCUT2D eigenvalue weighted by molar-refractivity contribution is 5.98. The number of hydrogen-bond acceptors (Lipinski definition) is 8. The van der Waals surface area contributed by atoms with Gasteiger partial charge in [0.15, 0.2) is 5.65 Å². The summed E-state index contributed by atoms with van der Waals surface area (Å²) in [6.45, 7) is 5.75. The highest BCUT2D eigenvalue weighted by Crippen LogP contribution is 2.24. The lowest BCUT2D eigenvalue weighted by Gasteiger charge is -2.29. The minimum Gasteiger partial charge on any atom is -0.368 e. The standard InChI is InChI=1S/C22H29N9O/c1-28(2)21(32)18-13-16-14-25-22(27-20(16)31(18)30-9-3-4-10-30)26-19-6-5-17(15-24-19)29-11-7-23-8-12-29/h5-6,13-15,23H,3-4,7-12H2,1-2H3,(H,24,25,26,27). The molecule has 5 heterocycles. The predicted molar refractivity (Wildman–Crippen MR) is 125 cm³/mol. The molecule has 2 fully saturated rings. The van der Waals surface area contributed by atoms with Gasteiger partial charge in [0, 0.05) is 64.9 Å². The Kier molecular flexibility index (Phi) is 5.52. The van der Waals surface area contributed by atoms with E-state index in [9.17, 15) is 4.79 Å². The number of anilines is 3. The Morgan fingerprint density at radius 2 is 1.84 bits per heavy atom. The van der Waals surface area contributed by atoms with E-state index in [1.807, 2.05) is 23.0 Å². The summed E-state index contributed by atoms with van der Waals surface area (Å²) < 4.78 is 1.96. The first-order chi connectivity index (χ1) is 15.6. The van der Waals surface area contributed by atoms with E-state index in [0.29, 0.717) is 17.5 Å². The van der Waals surface area contributed by atoms with Crippen molar-refractivity contribution in [2.24, 2.45) is 0 Å². The van der Waals surface area contributed by atoms with Crippen LogP contribution < -0.4 is 20.5 Å². The summed E-state index contributed by atoms with van der Waals surface area (Å²) in [7, 11) is 3.53. The van der Waals surface area contributed by atoms with Crippen molar-refractivity contribution in [3.05, 3.63) is 36.3 Å². The maximum absolute atomic E-state index is 12.8. The van der Waals surface area contributed by atoms with Gasteiger partial charge in [-0.2, -0.15) is 4.98 Å². The topological polar surface area (TPSA) is 94.5 Å². The van der Waals surface area contributed by atoms with E-state index in [-0.39, 0.29) is 5.91 Å². The number of nitrogens with zero attached hydrogens (tertiary/aromatic N) is 7. The molecule has 168 valence electrons. The second kappa shape index (κ2) is 8.62. The zero-order valence-corrected chi connectivity index (χ0v) is 18.6. The van der Waals surface area contributed by atoms with Gasteiger partial charge in [-0.15, -0.1) is 0 Å². The molecule has 0 atom stereocenters. The van der Waals surface area contributed by atoms with Crippen LogP contribution in [0, 0.1) is 0 Å². The lowest BCUT2D eigenvalue weighted by atomic mass is 10.3. The molecule has 10 heteroatoms. The van der Waals surface area contributed by atoms with E-state index in [0.717, 1.165) is 68.8 Å². The van der Waals surface area contributed by atoms with Crippen LogP contribution in [0.15, 0.2) is 30.6 Å². The highest BCUT2D eigenvalue weighted by atomic mass is 16.2. The van der Waals surface area contributed by atoms with Gasteiger partial charge in [0.05, 0.1) is 11.9 Å². The van der Waals surface area contributed by atoms with Crippen LogP contribution in [0.4, 0.5) is 17.5 Å². The number of fused-ring (bicyclic) bond motifs is 1. The minimum absolute atomic E-state index is 0.0467. The molecule has 2 aliphatic rings. The van der Waals surface area contributed by atoms with E-state index in [4.69, 9.17) is 4.98 Å². The predicted octanol–water partition coefficient (Wildman–Crippen LogP) is 1.41. The Labute approximate surface area is 187 Å². The summed E-state index contributed by atoms with van der Waals surface area (Å²) in [6, 6.07) is 5.89. The van der Waals surface area contributed by atoms with E-state index in [2.05, 4.69) is 36.6 Å². The van der Waals surface area contributed by atoms with Crippen molar-refractivity contribution in [3.8, 4) is 0 Å². The van der Waals surface area contributed by atoms with Crippen molar-refractivity contribution >= 4 is 34.4 Å². The molecule has 10 nitrogen and oxygen atoms in total. The van der Waals surface area contributed by atoms with Crippen LogP contribution in [-0.2, 0) is 0 Å². The van der Waals surface area contributed by atoms with Crippen LogP contribution in [0.3, 0.4) is 0 Å². The van der Waals surface area contributed by atoms with Crippen LogP contribution in [0.25, 0.3) is 11.0 Å². The second-order valence-corrected chi connectivity index (χ2v) is 8.44. The Hall–Kier alpha value is -3.40. The molecule has 3 aromatic heterocycles. The molecule has 32 heavy (non-hydrogen) atoms. The lowest BCUT2D eigenvalue weighted by Crippen LogP contribution is -2.43. The molecule has 2 N–H and O–H groups in total. The summed E-state index contributed by atoms with van der Waals surface area (Å²) in [4.78, 5) is 30.5. The van der Waals surface area contributed by atoms with E-state index < -0.39 is 0 Å². The van der Waals surface area contributed by atoms with Crippen molar-refractivity contribution < 1.29 is 4.79 Å². The van der Waals surface area contributed by atoms with Gasteiger partial charge < -0.3 is 25.4 Å². The van der Waals surface area contributed by atoms with Crippen molar-refractivity contribution in [1.82, 2.24) is 29.8 Å². The third-order valence-corrected chi connectivity index (χ3v) is 5.98. The highest BCUT2D eigenvalue weighted by Gasteiger charge is 2.24. The average molecular weight is 436 g/mol. The summed E-state index contributed by atoms with van der Waals surface area (Å²) in [6.07, 6.45) is 5.86. The summed E-state index contributed by atoms with van der Waals surface area (Å²) in [5.41, 5.74) is 2.45. The fourth-order valence-corrected chi connectivity index (χ4v) is 4.29. The SMILES string of the molecule is CN(C)C(=O)c1cc2cnc(Nc3ccc(N4CCNCC4)cn3)nc2n1N1CCCC1. The van der Waals surface area contributed by atoms with Crippen LogP contribution >= 0.6 is 0 Å². The van der Waals surface area contributed by atoms with Crippen LogP contribution in [0.5, 0.6) is 0 Å². The monoisotopic (exact) mass is 435 g/mol. The number of nitrogens with one attached hydrogen (secondary N) is 2. The second-order valence-electron chi connectivity index (χ2n) is 8.44. The summed E-state index contributed by atoms with van der Waals surface area (Å²) >= 11 is 0. The molecule has 5 rings (SSSR count). The van der Waals surface area contributed by atoms with Crippen LogP contribution in [0.2, 0.25) is 0 Å². The number of aromatic nitrogens is 4. The van der Waals surface area contributed by atoms with Crippen molar-refractivity contribution in [2.75, 3.05) is 68.6 Å². The average Bonchev–Trinajstić information content (AvgIpc) is 3.47. The Bertz CT molecular complexity index is 1100. The Morgan fingerprint density at radius 3 is 2.53 bits per heavy atom. The molecule has 3 aromatic rings. The van der Waals surface area contributed by atoms with E-state index in [1.54, 1.807) is 25.2 Å². The number of carbonyl (C=O) groups is 1. The molecule has 0 radical (unpaired) electrons. The molecule has 0 saturated carbocycles. The summed E-state index contributed by atoms with van der Waals surface area (Å²) in [5.74, 6) is 1.10. The van der Waals surface area contributed by atoms with Crippen molar-refractivity contribution in [1.29, 1.82) is 0 Å². The minimum atomic E-state index is -0.0467. The number of piperazine rings is 1. The molecular weight excluding hydrogens is 406 g/mol. The molecule has 1 amide bonds. The van der Waals surface area contributed by atoms with Crippen molar-refractivity contribution in [2.45, 2.75) is 12.8 Å². The Balaban J connectivity index is 1.43. The molecule has 2 saturated heterocycles. The van der Waals surface area contributed by atoms with E-state index in [1.165, 1.54) is 0 Å². The molecule has 0 bridgehead atoms. The van der Waals surface area contributed by atoms with Gasteiger partial charge in [-0.25, -0.2) is 14.6 Å². The van der Waals surface area contributed by atoms with Gasteiger partial charge >= 0.3 is 0 Å². The van der Waals surface area contributed by atoms with Crippen LogP contribution in [-0.4, -0.2) is 83.8 Å². The molecule has 0 aromatic carbocycles. The molecule has 0 aliphatic carbocycles. The quantitative estimate of drug-likeness (QED) is 0.621. The lowest BCUT2D eigenvalue weighted by molar-refractivity contribution is 0.0817. The first-order valence-corrected chi connectivity index (χ1v) is 11.1. The van der Waals surface area contributed by atoms with E-state index >= 15 is 0 Å². The number of carbonyl (C=O) groups excluding carboxylic acids is 1. The van der Waals surface area contributed by atoms with Crippen LogP contribution in [0.1, 0.15) is 23.3 Å². The fourth-order valence-electron chi connectivity index (χ4n) is 4.29. The Morgan fingerprint density at radius 1 is 1.06 bits per heavy atom. The number of amides is 1. The van der Waals surface area contributed by atoms with Gasteiger partial charge in [0.1, 0.15) is 11.5 Å². The number of rotatable bonds is 5. The first-order valence-electron chi connectivity index (χ1n) is 11.1. The zero-order chi connectivity index (χ0) is 22.1. The third-order valence-electron chi connectivity index (χ3n) is 5.98. The fraction of sp³-hybridized carbons (Fsp3) is 0.455. The van der Waals surface area contributed by atoms with Gasteiger partial charge in [0.2, 0.25) is 5.95 Å². The zero-order valence-electron chi connectivity index (χ0n) is 18.6. The molecule has 0 unspecified atom stereocenters. The normalized spacial score (nSPS) is 16.6. The largest absolute Gasteiger partial charge is 0.368 e. The smallest absolute Gasteiger partial charge is 0.272 e.